The van der Waals surface area contributed by atoms with Crippen LogP contribution in [0.3, 0.4) is 0 Å². The van der Waals surface area contributed by atoms with Gasteiger partial charge in [-0.3, -0.25) is 4.57 Å². The molecular weight excluding hydrogens is 365 g/mol. The predicted molar refractivity (Wildman–Crippen MR) is 98.1 cm³/mol. The van der Waals surface area contributed by atoms with Crippen molar-refractivity contribution >= 4 is 34.1 Å². The Morgan fingerprint density at radius 3 is 2.72 bits per heavy atom. The van der Waals surface area contributed by atoms with E-state index >= 15 is 0 Å². The number of benzene rings is 2. The third-order valence-electron chi connectivity index (χ3n) is 3.70. The molecule has 0 aliphatic carbocycles. The monoisotopic (exact) mass is 379 g/mol. The maximum atomic E-state index is 12.1. The van der Waals surface area contributed by atoms with Crippen LogP contribution in [-0.2, 0) is 6.54 Å². The third-order valence-corrected chi connectivity index (χ3v) is 4.21. The summed E-state index contributed by atoms with van der Waals surface area (Å²) in [6.45, 7) is 2.69. The first-order valence-electron chi connectivity index (χ1n) is 7.68. The first-order chi connectivity index (χ1) is 12.0. The molecule has 3 rings (SSSR count). The summed E-state index contributed by atoms with van der Waals surface area (Å²) in [4.78, 5) is 23.9. The molecular formula is C18H15Cl2NO4. The second-order valence-corrected chi connectivity index (χ2v) is 6.45. The van der Waals surface area contributed by atoms with Crippen molar-refractivity contribution < 1.29 is 9.15 Å². The second kappa shape index (κ2) is 7.33. The molecule has 0 N–H and O–H groups in total. The van der Waals surface area contributed by atoms with Gasteiger partial charge < -0.3 is 9.15 Å². The van der Waals surface area contributed by atoms with Crippen molar-refractivity contribution in [3.05, 3.63) is 73.0 Å². The number of fused-ring (bicyclic) bond motifs is 1. The Morgan fingerprint density at radius 1 is 1.16 bits per heavy atom. The summed E-state index contributed by atoms with van der Waals surface area (Å²) in [5, 5.41) is 0.710. The van der Waals surface area contributed by atoms with Crippen molar-refractivity contribution in [3.8, 4) is 5.75 Å². The number of hydrogen-bond acceptors (Lipinski definition) is 4. The SMILES string of the molecule is Cc1cccc(OCCCn2c(=O)oc(=O)c3cc(Cl)cc(Cl)c32)c1. The summed E-state index contributed by atoms with van der Waals surface area (Å²) in [5.41, 5.74) is 0.674. The number of aryl methyl sites for hydroxylation is 2. The zero-order valence-electron chi connectivity index (χ0n) is 13.4. The Labute approximate surface area is 153 Å². The van der Waals surface area contributed by atoms with Gasteiger partial charge in [0.05, 0.1) is 22.5 Å². The van der Waals surface area contributed by atoms with Gasteiger partial charge in [-0.05, 0) is 43.2 Å². The molecule has 0 unspecified atom stereocenters. The summed E-state index contributed by atoms with van der Waals surface area (Å²) in [6.07, 6.45) is 0.537. The lowest BCUT2D eigenvalue weighted by Gasteiger charge is -2.11. The van der Waals surface area contributed by atoms with E-state index in [1.807, 2.05) is 31.2 Å². The van der Waals surface area contributed by atoms with Crippen LogP contribution in [0.25, 0.3) is 10.9 Å². The molecule has 0 spiro atoms. The molecule has 0 amide bonds. The fraction of sp³-hybridized carbons (Fsp3) is 0.222. The number of halogens is 2. The Kier molecular flexibility index (Phi) is 5.16. The first-order valence-corrected chi connectivity index (χ1v) is 8.43. The van der Waals surface area contributed by atoms with Crippen LogP contribution in [0, 0.1) is 6.92 Å². The van der Waals surface area contributed by atoms with Gasteiger partial charge in [-0.2, -0.15) is 0 Å². The smallest absolute Gasteiger partial charge is 0.422 e. The van der Waals surface area contributed by atoms with Gasteiger partial charge in [-0.25, -0.2) is 9.59 Å². The van der Waals surface area contributed by atoms with Gasteiger partial charge >= 0.3 is 11.4 Å². The maximum absolute atomic E-state index is 12.1. The minimum absolute atomic E-state index is 0.178. The van der Waals surface area contributed by atoms with Crippen molar-refractivity contribution in [1.82, 2.24) is 4.57 Å². The fourth-order valence-electron chi connectivity index (χ4n) is 2.60. The number of nitrogens with zero attached hydrogens (tertiary/aromatic N) is 1. The minimum atomic E-state index is -0.753. The molecule has 0 aliphatic heterocycles. The Bertz CT molecular complexity index is 1040. The molecule has 0 saturated carbocycles. The molecule has 1 heterocycles. The summed E-state index contributed by atoms with van der Waals surface area (Å²) in [6, 6.07) is 10.6. The summed E-state index contributed by atoms with van der Waals surface area (Å²) >= 11 is 12.1. The van der Waals surface area contributed by atoms with E-state index in [1.165, 1.54) is 16.7 Å². The van der Waals surface area contributed by atoms with Crippen molar-refractivity contribution in [1.29, 1.82) is 0 Å². The number of rotatable bonds is 5. The van der Waals surface area contributed by atoms with E-state index in [-0.39, 0.29) is 10.4 Å². The zero-order valence-corrected chi connectivity index (χ0v) is 14.9. The van der Waals surface area contributed by atoms with E-state index < -0.39 is 11.4 Å². The van der Waals surface area contributed by atoms with Gasteiger partial charge in [0, 0.05) is 11.6 Å². The maximum Gasteiger partial charge on any atom is 0.422 e. The highest BCUT2D eigenvalue weighted by Gasteiger charge is 2.13. The molecule has 130 valence electrons. The molecule has 2 aromatic carbocycles. The van der Waals surface area contributed by atoms with Crippen molar-refractivity contribution in [2.24, 2.45) is 0 Å². The van der Waals surface area contributed by atoms with E-state index in [9.17, 15) is 9.59 Å². The van der Waals surface area contributed by atoms with E-state index in [0.29, 0.717) is 30.1 Å². The van der Waals surface area contributed by atoms with Gasteiger partial charge in [0.2, 0.25) is 0 Å². The van der Waals surface area contributed by atoms with Crippen LogP contribution in [0.1, 0.15) is 12.0 Å². The van der Waals surface area contributed by atoms with Crippen LogP contribution in [0.15, 0.2) is 50.4 Å². The van der Waals surface area contributed by atoms with Gasteiger partial charge in [0.15, 0.2) is 0 Å². The van der Waals surface area contributed by atoms with Crippen LogP contribution in [-0.4, -0.2) is 11.2 Å². The van der Waals surface area contributed by atoms with Crippen LogP contribution in [0.2, 0.25) is 10.0 Å². The lowest BCUT2D eigenvalue weighted by atomic mass is 10.2. The third kappa shape index (κ3) is 3.89. The van der Waals surface area contributed by atoms with Crippen LogP contribution < -0.4 is 16.1 Å². The van der Waals surface area contributed by atoms with Crippen molar-refractivity contribution in [3.63, 3.8) is 0 Å². The van der Waals surface area contributed by atoms with Crippen LogP contribution >= 0.6 is 23.2 Å². The Morgan fingerprint density at radius 2 is 1.96 bits per heavy atom. The normalized spacial score (nSPS) is 11.0. The molecule has 0 bridgehead atoms. The molecule has 0 saturated heterocycles. The van der Waals surface area contributed by atoms with Gasteiger partial charge in [-0.1, -0.05) is 35.3 Å². The quantitative estimate of drug-likeness (QED) is 0.627. The lowest BCUT2D eigenvalue weighted by Crippen LogP contribution is -2.26. The second-order valence-electron chi connectivity index (χ2n) is 5.61. The fourth-order valence-corrected chi connectivity index (χ4v) is 3.19. The van der Waals surface area contributed by atoms with Gasteiger partial charge in [-0.15, -0.1) is 0 Å². The molecule has 25 heavy (non-hydrogen) atoms. The number of aromatic nitrogens is 1. The highest BCUT2D eigenvalue weighted by molar-refractivity contribution is 6.38. The topological polar surface area (TPSA) is 61.4 Å². The Hall–Kier alpha value is -2.24. The van der Waals surface area contributed by atoms with E-state index in [0.717, 1.165) is 11.3 Å². The molecule has 7 heteroatoms. The molecule has 0 atom stereocenters. The highest BCUT2D eigenvalue weighted by Crippen LogP contribution is 2.25. The van der Waals surface area contributed by atoms with E-state index in [2.05, 4.69) is 0 Å². The number of ether oxygens (including phenoxy) is 1. The van der Waals surface area contributed by atoms with Crippen LogP contribution in [0.4, 0.5) is 0 Å². The van der Waals surface area contributed by atoms with E-state index in [1.54, 1.807) is 0 Å². The average molecular weight is 380 g/mol. The standard InChI is InChI=1S/C18H15Cl2NO4/c1-11-4-2-5-13(8-11)24-7-3-6-21-16-14(17(22)25-18(21)23)9-12(19)10-15(16)20/h2,4-5,8-10H,3,6-7H2,1H3. The average Bonchev–Trinajstić information content (AvgIpc) is 2.54. The largest absolute Gasteiger partial charge is 0.494 e. The van der Waals surface area contributed by atoms with Crippen molar-refractivity contribution in [2.75, 3.05) is 6.61 Å². The van der Waals surface area contributed by atoms with Gasteiger partial charge in [0.1, 0.15) is 5.75 Å². The number of hydrogen-bond donors (Lipinski definition) is 0. The Balaban J connectivity index is 1.82. The molecule has 0 fully saturated rings. The van der Waals surface area contributed by atoms with Gasteiger partial charge in [0.25, 0.3) is 0 Å². The summed E-state index contributed by atoms with van der Waals surface area (Å²) in [5.74, 6) is 0.0129. The highest BCUT2D eigenvalue weighted by atomic mass is 35.5. The zero-order chi connectivity index (χ0) is 18.0. The predicted octanol–water partition coefficient (Wildman–Crippen LogP) is 4.04. The first kappa shape index (κ1) is 17.6. The molecule has 0 radical (unpaired) electrons. The molecule has 0 aliphatic rings. The van der Waals surface area contributed by atoms with Crippen molar-refractivity contribution in [2.45, 2.75) is 19.9 Å². The summed E-state index contributed by atoms with van der Waals surface area (Å²) in [7, 11) is 0. The van der Waals surface area contributed by atoms with E-state index in [4.69, 9.17) is 32.4 Å². The molecule has 5 nitrogen and oxygen atoms in total. The summed E-state index contributed by atoms with van der Waals surface area (Å²) < 4.78 is 11.8. The molecule has 1 aromatic heterocycles. The molecule has 3 aromatic rings. The minimum Gasteiger partial charge on any atom is -0.494 e. The van der Waals surface area contributed by atoms with Crippen LogP contribution in [0.5, 0.6) is 5.75 Å². The lowest BCUT2D eigenvalue weighted by molar-refractivity contribution is 0.296.